The fourth-order valence-corrected chi connectivity index (χ4v) is 9.19. The maximum absolute atomic E-state index is 13.9. The average molecular weight is 570 g/mol. The average Bonchev–Trinajstić information content (AvgIpc) is 3.26. The highest BCUT2D eigenvalue weighted by atomic mass is 32.2. The molecular weight excluding hydrogens is 543 g/mol. The molecule has 0 radical (unpaired) electrons. The SMILES string of the molecule is CCc1cc(N2CCNCC2)ccc1Nc1ncc(C(F)(F)F)c(-c2cc3c(s2)CSCCS3(=O)=O)n1. The summed E-state index contributed by atoms with van der Waals surface area (Å²) in [6, 6.07) is 7.30. The molecular formula is C24H26F3N5O2S3. The van der Waals surface area contributed by atoms with E-state index in [0.717, 1.165) is 55.0 Å². The number of fused-ring (bicyclic) bond motifs is 1. The van der Waals surface area contributed by atoms with Crippen LogP contribution < -0.4 is 15.5 Å². The molecule has 2 aromatic heterocycles. The molecule has 37 heavy (non-hydrogen) atoms. The number of piperazine rings is 1. The van der Waals surface area contributed by atoms with E-state index in [-0.39, 0.29) is 27.2 Å². The van der Waals surface area contributed by atoms with Crippen molar-refractivity contribution < 1.29 is 21.6 Å². The zero-order valence-corrected chi connectivity index (χ0v) is 22.5. The van der Waals surface area contributed by atoms with Gasteiger partial charge in [0.1, 0.15) is 5.56 Å². The number of hydrogen-bond donors (Lipinski definition) is 2. The second-order valence-corrected chi connectivity index (χ2v) is 13.1. The van der Waals surface area contributed by atoms with Gasteiger partial charge < -0.3 is 15.5 Å². The van der Waals surface area contributed by atoms with E-state index < -0.39 is 21.6 Å². The van der Waals surface area contributed by atoms with E-state index in [4.69, 9.17) is 0 Å². The van der Waals surface area contributed by atoms with Crippen molar-refractivity contribution in [3.8, 4) is 10.6 Å². The molecule has 0 atom stereocenters. The molecule has 5 rings (SSSR count). The standard InChI is InChI=1S/C24H26F3N5O2S3/c1-2-15-11-16(32-7-5-28-6-8-32)3-4-18(15)30-23-29-13-17(24(25,26)27)22(31-23)19-12-21-20(36-19)14-35-9-10-37(21,33)34/h3-4,11-13,28H,2,5-10,14H2,1H3,(H,29,30,31). The minimum absolute atomic E-state index is 0.0217. The van der Waals surface area contributed by atoms with E-state index in [1.165, 1.54) is 17.8 Å². The smallest absolute Gasteiger partial charge is 0.369 e. The summed E-state index contributed by atoms with van der Waals surface area (Å²) in [5, 5.41) is 6.42. The number of aromatic nitrogens is 2. The van der Waals surface area contributed by atoms with Gasteiger partial charge in [-0.05, 0) is 36.2 Å². The first kappa shape index (κ1) is 26.3. The Morgan fingerprint density at radius 1 is 1.19 bits per heavy atom. The first-order chi connectivity index (χ1) is 17.7. The molecule has 7 nitrogen and oxygen atoms in total. The zero-order valence-electron chi connectivity index (χ0n) is 20.1. The highest BCUT2D eigenvalue weighted by molar-refractivity contribution is 8.00. The van der Waals surface area contributed by atoms with Gasteiger partial charge in [-0.3, -0.25) is 0 Å². The Morgan fingerprint density at radius 2 is 1.97 bits per heavy atom. The van der Waals surface area contributed by atoms with Crippen LogP contribution in [0.1, 0.15) is 22.9 Å². The van der Waals surface area contributed by atoms with E-state index in [1.54, 1.807) is 0 Å². The van der Waals surface area contributed by atoms with Gasteiger partial charge in [0.2, 0.25) is 5.95 Å². The predicted molar refractivity (Wildman–Crippen MR) is 143 cm³/mol. The van der Waals surface area contributed by atoms with Gasteiger partial charge in [-0.15, -0.1) is 11.3 Å². The molecule has 198 valence electrons. The monoisotopic (exact) mass is 569 g/mol. The number of alkyl halides is 3. The summed E-state index contributed by atoms with van der Waals surface area (Å²) in [5.74, 6) is 0.888. The number of thioether (sulfide) groups is 1. The molecule has 0 bridgehead atoms. The summed E-state index contributed by atoms with van der Waals surface area (Å²) in [5.41, 5.74) is 1.49. The van der Waals surface area contributed by atoms with Gasteiger partial charge in [-0.1, -0.05) is 6.92 Å². The van der Waals surface area contributed by atoms with Crippen molar-refractivity contribution in [2.24, 2.45) is 0 Å². The normalized spacial score (nSPS) is 17.8. The van der Waals surface area contributed by atoms with Crippen molar-refractivity contribution in [3.05, 3.63) is 46.5 Å². The van der Waals surface area contributed by atoms with Crippen molar-refractivity contribution in [1.82, 2.24) is 15.3 Å². The van der Waals surface area contributed by atoms with Crippen molar-refractivity contribution >= 4 is 50.3 Å². The molecule has 1 fully saturated rings. The van der Waals surface area contributed by atoms with Crippen LogP contribution in [-0.2, 0) is 28.2 Å². The summed E-state index contributed by atoms with van der Waals surface area (Å²) < 4.78 is 67.0. The van der Waals surface area contributed by atoms with Crippen molar-refractivity contribution in [3.63, 3.8) is 0 Å². The number of sulfone groups is 1. The minimum atomic E-state index is -4.69. The van der Waals surface area contributed by atoms with Gasteiger partial charge in [-0.2, -0.15) is 24.9 Å². The fourth-order valence-electron chi connectivity index (χ4n) is 4.41. The van der Waals surface area contributed by atoms with E-state index in [0.29, 0.717) is 28.5 Å². The molecule has 3 aromatic rings. The molecule has 0 amide bonds. The van der Waals surface area contributed by atoms with Crippen LogP contribution in [0.15, 0.2) is 35.4 Å². The van der Waals surface area contributed by atoms with E-state index >= 15 is 0 Å². The Labute approximate surface area is 221 Å². The van der Waals surface area contributed by atoms with E-state index in [9.17, 15) is 21.6 Å². The lowest BCUT2D eigenvalue weighted by Crippen LogP contribution is -2.43. The van der Waals surface area contributed by atoms with Crippen LogP contribution in [0.5, 0.6) is 0 Å². The molecule has 13 heteroatoms. The fraction of sp³-hybridized carbons (Fsp3) is 0.417. The Balaban J connectivity index is 1.51. The molecule has 0 saturated carbocycles. The van der Waals surface area contributed by atoms with Crippen molar-refractivity contribution in [2.75, 3.05) is 47.9 Å². The van der Waals surface area contributed by atoms with Crippen LogP contribution in [-0.4, -0.2) is 56.1 Å². The quantitative estimate of drug-likeness (QED) is 0.446. The Bertz CT molecular complexity index is 1400. The number of halogens is 3. The van der Waals surface area contributed by atoms with E-state index in [1.807, 2.05) is 19.1 Å². The third-order valence-corrected chi connectivity index (χ3v) is 10.8. The van der Waals surface area contributed by atoms with Crippen LogP contribution in [0.3, 0.4) is 0 Å². The number of benzene rings is 1. The third kappa shape index (κ3) is 5.59. The van der Waals surface area contributed by atoms with Gasteiger partial charge in [0.05, 0.1) is 21.2 Å². The first-order valence-corrected chi connectivity index (χ1v) is 15.5. The highest BCUT2D eigenvalue weighted by Gasteiger charge is 2.37. The summed E-state index contributed by atoms with van der Waals surface area (Å²) in [6.45, 7) is 5.64. The Kier molecular flexibility index (Phi) is 7.40. The summed E-state index contributed by atoms with van der Waals surface area (Å²) in [7, 11) is -3.55. The largest absolute Gasteiger partial charge is 0.420 e. The maximum atomic E-state index is 13.9. The van der Waals surface area contributed by atoms with Crippen LogP contribution in [0.25, 0.3) is 10.6 Å². The number of anilines is 3. The number of rotatable bonds is 5. The topological polar surface area (TPSA) is 87.2 Å². The molecule has 4 heterocycles. The Morgan fingerprint density at radius 3 is 2.70 bits per heavy atom. The summed E-state index contributed by atoms with van der Waals surface area (Å²) >= 11 is 2.50. The first-order valence-electron chi connectivity index (χ1n) is 11.9. The molecule has 0 unspecified atom stereocenters. The molecule has 0 aliphatic carbocycles. The summed E-state index contributed by atoms with van der Waals surface area (Å²) in [6.07, 6.45) is -3.22. The van der Waals surface area contributed by atoms with Gasteiger partial charge in [0.25, 0.3) is 0 Å². The van der Waals surface area contributed by atoms with Crippen molar-refractivity contribution in [2.45, 2.75) is 30.2 Å². The van der Waals surface area contributed by atoms with Gasteiger partial charge in [0.15, 0.2) is 9.84 Å². The lowest BCUT2D eigenvalue weighted by Gasteiger charge is -2.30. The molecule has 2 aliphatic rings. The molecule has 2 aliphatic heterocycles. The number of hydrogen-bond acceptors (Lipinski definition) is 9. The molecule has 1 saturated heterocycles. The van der Waals surface area contributed by atoms with Crippen LogP contribution in [0.4, 0.5) is 30.5 Å². The Hall–Kier alpha value is -2.35. The van der Waals surface area contributed by atoms with Gasteiger partial charge in [0, 0.05) is 60.1 Å². The van der Waals surface area contributed by atoms with E-state index in [2.05, 4.69) is 31.6 Å². The number of nitrogens with zero attached hydrogens (tertiary/aromatic N) is 3. The predicted octanol–water partition coefficient (Wildman–Crippen LogP) is 4.96. The summed E-state index contributed by atoms with van der Waals surface area (Å²) in [4.78, 5) is 11.3. The molecule has 2 N–H and O–H groups in total. The van der Waals surface area contributed by atoms with Crippen LogP contribution in [0, 0.1) is 0 Å². The molecule has 1 aromatic carbocycles. The number of thiophene rings is 1. The highest BCUT2D eigenvalue weighted by Crippen LogP contribution is 2.43. The van der Waals surface area contributed by atoms with Crippen molar-refractivity contribution in [1.29, 1.82) is 0 Å². The lowest BCUT2D eigenvalue weighted by atomic mass is 10.1. The second kappa shape index (κ2) is 10.4. The third-order valence-electron chi connectivity index (χ3n) is 6.36. The maximum Gasteiger partial charge on any atom is 0.420 e. The number of nitrogens with one attached hydrogen (secondary N) is 2. The lowest BCUT2D eigenvalue weighted by molar-refractivity contribution is -0.137. The van der Waals surface area contributed by atoms with Crippen LogP contribution in [0.2, 0.25) is 0 Å². The molecule has 0 spiro atoms. The van der Waals surface area contributed by atoms with Crippen LogP contribution >= 0.6 is 23.1 Å². The number of aryl methyl sites for hydroxylation is 1. The minimum Gasteiger partial charge on any atom is -0.369 e. The van der Waals surface area contributed by atoms with Gasteiger partial charge >= 0.3 is 6.18 Å². The zero-order chi connectivity index (χ0) is 26.2. The van der Waals surface area contributed by atoms with Gasteiger partial charge in [-0.25, -0.2) is 18.4 Å². The second-order valence-electron chi connectivity index (χ2n) is 8.78.